The van der Waals surface area contributed by atoms with Gasteiger partial charge in [-0.3, -0.25) is 0 Å². The first-order chi connectivity index (χ1) is 29.2. The summed E-state index contributed by atoms with van der Waals surface area (Å²) in [6.45, 7) is 0. The highest BCUT2D eigenvalue weighted by atomic mass is 16.3. The van der Waals surface area contributed by atoms with Crippen LogP contribution >= 0.6 is 0 Å². The fourth-order valence-corrected chi connectivity index (χ4v) is 8.47. The summed E-state index contributed by atoms with van der Waals surface area (Å²) in [6.07, 6.45) is 0. The maximum absolute atomic E-state index is 6.64. The second kappa shape index (κ2) is 14.6. The van der Waals surface area contributed by atoms with Crippen molar-refractivity contribution in [2.75, 3.05) is 4.90 Å². The Labute approximate surface area is 343 Å². The molecule has 0 atom stereocenters. The first kappa shape index (κ1) is 34.4. The van der Waals surface area contributed by atoms with E-state index in [9.17, 15) is 0 Å². The lowest BCUT2D eigenvalue weighted by Gasteiger charge is -2.26. The minimum Gasteiger partial charge on any atom is -0.454 e. The number of fused-ring (bicyclic) bond motifs is 5. The molecule has 0 spiro atoms. The van der Waals surface area contributed by atoms with Gasteiger partial charge >= 0.3 is 0 Å². The second-order valence-electron chi connectivity index (χ2n) is 15.0. The van der Waals surface area contributed by atoms with Gasteiger partial charge in [-0.05, 0) is 117 Å². The molecule has 0 saturated heterocycles. The molecule has 11 aromatic rings. The van der Waals surface area contributed by atoms with Gasteiger partial charge in [0.15, 0.2) is 5.58 Å². The smallest absolute Gasteiger partial charge is 0.161 e. The SMILES string of the molecule is c1ccc(-c2ccc(N(c3ccc(-c4ccccc4)cc3)c3ccc(-c4ccc(-n5c6ccccc6c6oc7cc(-c8ccccc8)ccc7c65)cc4)cc3)cc2)cc1. The molecule has 0 aliphatic carbocycles. The molecule has 3 nitrogen and oxygen atoms in total. The Balaban J connectivity index is 0.937. The molecule has 0 saturated carbocycles. The number of para-hydroxylation sites is 1. The summed E-state index contributed by atoms with van der Waals surface area (Å²) in [4.78, 5) is 2.33. The summed E-state index contributed by atoms with van der Waals surface area (Å²) in [5.74, 6) is 0. The van der Waals surface area contributed by atoms with E-state index in [0.29, 0.717) is 0 Å². The summed E-state index contributed by atoms with van der Waals surface area (Å²) < 4.78 is 8.99. The van der Waals surface area contributed by atoms with E-state index in [4.69, 9.17) is 4.42 Å². The number of aromatic nitrogens is 1. The summed E-state index contributed by atoms with van der Waals surface area (Å²) in [6, 6.07) is 82.1. The number of rotatable bonds is 8. The van der Waals surface area contributed by atoms with Crippen molar-refractivity contribution in [3.8, 4) is 50.2 Å². The van der Waals surface area contributed by atoms with Crippen molar-refractivity contribution in [1.29, 1.82) is 0 Å². The molecule has 0 unspecified atom stereocenters. The average Bonchev–Trinajstić information content (AvgIpc) is 3.85. The Morgan fingerprint density at radius 3 is 1.20 bits per heavy atom. The summed E-state index contributed by atoms with van der Waals surface area (Å²) >= 11 is 0. The molecule has 0 N–H and O–H groups in total. The van der Waals surface area contributed by atoms with Crippen LogP contribution in [-0.2, 0) is 0 Å². The van der Waals surface area contributed by atoms with E-state index in [2.05, 4.69) is 234 Å². The molecule has 0 radical (unpaired) electrons. The van der Waals surface area contributed by atoms with Crippen LogP contribution in [0.4, 0.5) is 17.1 Å². The van der Waals surface area contributed by atoms with Gasteiger partial charge in [0.05, 0.1) is 5.52 Å². The zero-order chi connectivity index (χ0) is 39.1. The van der Waals surface area contributed by atoms with E-state index in [1.807, 2.05) is 6.07 Å². The van der Waals surface area contributed by atoms with Gasteiger partial charge in [0.25, 0.3) is 0 Å². The van der Waals surface area contributed by atoms with E-state index in [1.54, 1.807) is 0 Å². The van der Waals surface area contributed by atoms with Crippen molar-refractivity contribution < 1.29 is 4.42 Å². The molecule has 0 aliphatic heterocycles. The molecule has 0 aliphatic rings. The highest BCUT2D eigenvalue weighted by molar-refractivity contribution is 6.16. The van der Waals surface area contributed by atoms with E-state index in [-0.39, 0.29) is 0 Å². The zero-order valence-corrected chi connectivity index (χ0v) is 32.2. The Kier molecular flexibility index (Phi) is 8.49. The number of hydrogen-bond acceptors (Lipinski definition) is 2. The Morgan fingerprint density at radius 1 is 0.322 bits per heavy atom. The summed E-state index contributed by atoms with van der Waals surface area (Å²) in [7, 11) is 0. The topological polar surface area (TPSA) is 21.3 Å². The van der Waals surface area contributed by atoms with Gasteiger partial charge in [0.1, 0.15) is 11.1 Å². The van der Waals surface area contributed by atoms with E-state index < -0.39 is 0 Å². The first-order valence-electron chi connectivity index (χ1n) is 20.1. The van der Waals surface area contributed by atoms with Crippen LogP contribution in [0.25, 0.3) is 83.2 Å². The van der Waals surface area contributed by atoms with Gasteiger partial charge in [0, 0.05) is 33.5 Å². The van der Waals surface area contributed by atoms with Gasteiger partial charge in [-0.15, -0.1) is 0 Å². The fourth-order valence-electron chi connectivity index (χ4n) is 8.47. The van der Waals surface area contributed by atoms with Crippen molar-refractivity contribution in [3.05, 3.63) is 231 Å². The predicted octanol–water partition coefficient (Wildman–Crippen LogP) is 15.7. The normalized spacial score (nSPS) is 11.4. The van der Waals surface area contributed by atoms with Crippen molar-refractivity contribution in [2.45, 2.75) is 0 Å². The fraction of sp³-hybridized carbons (Fsp3) is 0. The molecular weight excluding hydrogens is 717 g/mol. The third-order valence-corrected chi connectivity index (χ3v) is 11.4. The molecule has 9 aromatic carbocycles. The maximum atomic E-state index is 6.64. The molecule has 2 heterocycles. The minimum absolute atomic E-state index is 0.890. The lowest BCUT2D eigenvalue weighted by atomic mass is 10.0. The van der Waals surface area contributed by atoms with Crippen LogP contribution in [0.3, 0.4) is 0 Å². The standard InChI is InChI=1S/C56H38N2O/c1-4-12-39(13-5-1)42-20-29-47(30-21-42)57(48-31-22-43(23-32-48)40-14-6-2-7-15-40)49-33-24-44(25-34-49)45-26-35-50(36-27-45)58-53-19-11-10-18-51(53)56-55(58)52-37-28-46(38-54(52)59-56)41-16-8-3-9-17-41/h1-38H. The molecule has 0 amide bonds. The second-order valence-corrected chi connectivity index (χ2v) is 15.0. The van der Waals surface area contributed by atoms with Gasteiger partial charge in [-0.2, -0.15) is 0 Å². The molecule has 11 rings (SSSR count). The highest BCUT2D eigenvalue weighted by Gasteiger charge is 2.20. The zero-order valence-electron chi connectivity index (χ0n) is 32.2. The molecule has 0 bridgehead atoms. The molecule has 59 heavy (non-hydrogen) atoms. The molecule has 2 aromatic heterocycles. The van der Waals surface area contributed by atoms with Gasteiger partial charge in [-0.1, -0.05) is 158 Å². The lowest BCUT2D eigenvalue weighted by molar-refractivity contribution is 0.673. The third kappa shape index (κ3) is 6.26. The maximum Gasteiger partial charge on any atom is 0.161 e. The quantitative estimate of drug-likeness (QED) is 0.154. The highest BCUT2D eigenvalue weighted by Crippen LogP contribution is 2.41. The first-order valence-corrected chi connectivity index (χ1v) is 20.1. The predicted molar refractivity (Wildman–Crippen MR) is 247 cm³/mol. The van der Waals surface area contributed by atoms with Crippen LogP contribution in [0.1, 0.15) is 0 Å². The van der Waals surface area contributed by atoms with Crippen LogP contribution in [0.2, 0.25) is 0 Å². The minimum atomic E-state index is 0.890. The number of benzene rings is 9. The van der Waals surface area contributed by atoms with Crippen LogP contribution in [0.5, 0.6) is 0 Å². The molecular formula is C56H38N2O. The van der Waals surface area contributed by atoms with E-state index >= 15 is 0 Å². The lowest BCUT2D eigenvalue weighted by Crippen LogP contribution is -2.09. The van der Waals surface area contributed by atoms with Crippen molar-refractivity contribution in [2.24, 2.45) is 0 Å². The van der Waals surface area contributed by atoms with Crippen molar-refractivity contribution >= 4 is 50.0 Å². The average molecular weight is 755 g/mol. The molecule has 278 valence electrons. The van der Waals surface area contributed by atoms with Crippen LogP contribution in [0.15, 0.2) is 235 Å². The summed E-state index contributed by atoms with van der Waals surface area (Å²) in [5, 5.41) is 2.21. The monoisotopic (exact) mass is 754 g/mol. The third-order valence-electron chi connectivity index (χ3n) is 11.4. The van der Waals surface area contributed by atoms with Gasteiger partial charge < -0.3 is 13.9 Å². The number of hydrogen-bond donors (Lipinski definition) is 0. The molecule has 3 heteroatoms. The number of furan rings is 1. The Hall–Kier alpha value is -7.88. The Morgan fingerprint density at radius 2 is 0.712 bits per heavy atom. The van der Waals surface area contributed by atoms with Gasteiger partial charge in [-0.25, -0.2) is 0 Å². The summed E-state index contributed by atoms with van der Waals surface area (Å²) in [5.41, 5.74) is 17.8. The largest absolute Gasteiger partial charge is 0.454 e. The van der Waals surface area contributed by atoms with E-state index in [0.717, 1.165) is 72.4 Å². The van der Waals surface area contributed by atoms with Crippen LogP contribution < -0.4 is 4.90 Å². The molecule has 0 fully saturated rings. The van der Waals surface area contributed by atoms with Crippen LogP contribution in [0, 0.1) is 0 Å². The van der Waals surface area contributed by atoms with Crippen molar-refractivity contribution in [3.63, 3.8) is 0 Å². The Bertz CT molecular complexity index is 3120. The van der Waals surface area contributed by atoms with Crippen LogP contribution in [-0.4, -0.2) is 4.57 Å². The van der Waals surface area contributed by atoms with E-state index in [1.165, 1.54) is 27.8 Å². The van der Waals surface area contributed by atoms with Gasteiger partial charge in [0.2, 0.25) is 0 Å². The number of anilines is 3. The van der Waals surface area contributed by atoms with Crippen molar-refractivity contribution in [1.82, 2.24) is 4.57 Å². The number of nitrogens with zero attached hydrogens (tertiary/aromatic N) is 2.